The number of rotatable bonds is 4. The Morgan fingerprint density at radius 2 is 1.86 bits per heavy atom. The summed E-state index contributed by atoms with van der Waals surface area (Å²) in [4.78, 5) is 25.0. The van der Waals surface area contributed by atoms with Crippen LogP contribution in [0.1, 0.15) is 37.8 Å². The van der Waals surface area contributed by atoms with E-state index in [-0.39, 0.29) is 10.2 Å². The first-order valence-corrected chi connectivity index (χ1v) is 8.13. The van der Waals surface area contributed by atoms with Gasteiger partial charge in [-0.15, -0.1) is 0 Å². The molecule has 1 aromatic rings. The van der Waals surface area contributed by atoms with E-state index in [0.717, 1.165) is 22.2 Å². The first-order chi connectivity index (χ1) is 10.3. The first kappa shape index (κ1) is 16.7. The van der Waals surface area contributed by atoms with E-state index in [4.69, 9.17) is 17.3 Å². The fourth-order valence-corrected chi connectivity index (χ4v) is 3.47. The molecule has 1 atom stereocenters. The van der Waals surface area contributed by atoms with Crippen molar-refractivity contribution in [3.63, 3.8) is 0 Å². The Morgan fingerprint density at radius 3 is 2.36 bits per heavy atom. The lowest BCUT2D eigenvalue weighted by atomic mass is 10.0. The molecule has 4 nitrogen and oxygen atoms in total. The topological polar surface area (TPSA) is 57.6 Å². The van der Waals surface area contributed by atoms with E-state index in [0.29, 0.717) is 10.8 Å². The van der Waals surface area contributed by atoms with Gasteiger partial charge in [-0.1, -0.05) is 62.1 Å². The van der Waals surface area contributed by atoms with Crippen molar-refractivity contribution in [2.45, 2.75) is 32.7 Å². The summed E-state index contributed by atoms with van der Waals surface area (Å²) >= 11 is 6.26. The Bertz CT molecular complexity index is 650. The van der Waals surface area contributed by atoms with Gasteiger partial charge in [-0.2, -0.15) is 0 Å². The minimum atomic E-state index is -1.07. The highest BCUT2D eigenvalue weighted by atomic mass is 32.2. The number of carbonyl (C=O) groups excluding carboxylic acids is 1. The number of carbonyl (C=O) groups is 2. The van der Waals surface area contributed by atoms with E-state index < -0.39 is 12.0 Å². The molecule has 1 heterocycles. The third-order valence-corrected chi connectivity index (χ3v) is 4.80. The van der Waals surface area contributed by atoms with E-state index in [1.54, 1.807) is 6.08 Å². The minimum absolute atomic E-state index is 0.282. The second-order valence-electron chi connectivity index (χ2n) is 5.39. The zero-order chi connectivity index (χ0) is 16.4. The van der Waals surface area contributed by atoms with Crippen LogP contribution in [0.15, 0.2) is 29.2 Å². The Kier molecular flexibility index (Phi) is 5.03. The van der Waals surface area contributed by atoms with Crippen molar-refractivity contribution in [3.8, 4) is 0 Å². The molecule has 1 aromatic carbocycles. The van der Waals surface area contributed by atoms with Crippen molar-refractivity contribution in [1.82, 2.24) is 4.90 Å². The van der Waals surface area contributed by atoms with Gasteiger partial charge in [-0.3, -0.25) is 9.69 Å². The van der Waals surface area contributed by atoms with Crippen molar-refractivity contribution in [2.24, 2.45) is 0 Å². The molecule has 1 aliphatic heterocycles. The zero-order valence-corrected chi connectivity index (χ0v) is 14.2. The molecular weight excluding hydrogens is 318 g/mol. The number of hydrogen-bond donors (Lipinski definition) is 1. The molecule has 22 heavy (non-hydrogen) atoms. The largest absolute Gasteiger partial charge is 0.480 e. The van der Waals surface area contributed by atoms with Crippen molar-refractivity contribution in [3.05, 3.63) is 40.3 Å². The number of amides is 1. The third kappa shape index (κ3) is 3.39. The maximum absolute atomic E-state index is 12.3. The fourth-order valence-electron chi connectivity index (χ4n) is 2.05. The predicted molar refractivity (Wildman–Crippen MR) is 92.6 cm³/mol. The number of carboxylic acids is 1. The SMILES string of the molecule is CC(C)c1ccc(C=C2SC(=S)N(C(C)C(=O)O)C2=O)cc1. The van der Waals surface area contributed by atoms with Crippen LogP contribution in [-0.4, -0.2) is 32.2 Å². The number of hydrogen-bond acceptors (Lipinski definition) is 4. The Morgan fingerprint density at radius 1 is 1.27 bits per heavy atom. The summed E-state index contributed by atoms with van der Waals surface area (Å²) in [7, 11) is 0. The van der Waals surface area contributed by atoms with Gasteiger partial charge in [-0.05, 0) is 30.0 Å². The molecule has 0 spiro atoms. The molecule has 0 saturated carbocycles. The molecule has 1 aliphatic rings. The van der Waals surface area contributed by atoms with Crippen LogP contribution in [0.5, 0.6) is 0 Å². The van der Waals surface area contributed by atoms with Gasteiger partial charge in [0.1, 0.15) is 10.4 Å². The summed E-state index contributed by atoms with van der Waals surface area (Å²) in [6.07, 6.45) is 1.75. The van der Waals surface area contributed by atoms with E-state index in [1.807, 2.05) is 24.3 Å². The van der Waals surface area contributed by atoms with Crippen LogP contribution in [0.2, 0.25) is 0 Å². The average Bonchev–Trinajstić information content (AvgIpc) is 2.73. The summed E-state index contributed by atoms with van der Waals surface area (Å²) in [5, 5.41) is 9.05. The van der Waals surface area contributed by atoms with Gasteiger partial charge in [0.25, 0.3) is 5.91 Å². The average molecular weight is 335 g/mol. The molecule has 0 aromatic heterocycles. The van der Waals surface area contributed by atoms with E-state index in [2.05, 4.69) is 13.8 Å². The highest BCUT2D eigenvalue weighted by Gasteiger charge is 2.38. The number of thioether (sulfide) groups is 1. The zero-order valence-electron chi connectivity index (χ0n) is 12.6. The molecule has 0 aliphatic carbocycles. The van der Waals surface area contributed by atoms with Crippen molar-refractivity contribution < 1.29 is 14.7 Å². The number of benzene rings is 1. The van der Waals surface area contributed by atoms with Crippen LogP contribution >= 0.6 is 24.0 Å². The monoisotopic (exact) mass is 335 g/mol. The van der Waals surface area contributed by atoms with Gasteiger partial charge in [-0.25, -0.2) is 4.79 Å². The summed E-state index contributed by atoms with van der Waals surface area (Å²) in [5.41, 5.74) is 2.12. The normalized spacial score (nSPS) is 18.4. The van der Waals surface area contributed by atoms with Gasteiger partial charge in [0.15, 0.2) is 0 Å². The Hall–Kier alpha value is -1.66. The quantitative estimate of drug-likeness (QED) is 0.674. The summed E-state index contributed by atoms with van der Waals surface area (Å²) in [5.74, 6) is -0.972. The van der Waals surface area contributed by atoms with Crippen molar-refractivity contribution in [1.29, 1.82) is 0 Å². The van der Waals surface area contributed by atoms with Gasteiger partial charge >= 0.3 is 5.97 Å². The lowest BCUT2D eigenvalue weighted by Crippen LogP contribution is -2.41. The van der Waals surface area contributed by atoms with Crippen LogP contribution < -0.4 is 0 Å². The van der Waals surface area contributed by atoms with Crippen molar-refractivity contribution >= 4 is 46.3 Å². The van der Waals surface area contributed by atoms with Crippen LogP contribution in [0.3, 0.4) is 0 Å². The standard InChI is InChI=1S/C16H17NO3S2/c1-9(2)12-6-4-11(5-7-12)8-13-14(18)17(16(21)22-13)10(3)15(19)20/h4-10H,1-3H3,(H,19,20). The number of carboxylic acid groups (broad SMARTS) is 1. The number of aliphatic carboxylic acids is 1. The first-order valence-electron chi connectivity index (χ1n) is 6.91. The highest BCUT2D eigenvalue weighted by molar-refractivity contribution is 8.26. The highest BCUT2D eigenvalue weighted by Crippen LogP contribution is 2.34. The maximum atomic E-state index is 12.3. The number of nitrogens with zero attached hydrogens (tertiary/aromatic N) is 1. The molecule has 2 rings (SSSR count). The minimum Gasteiger partial charge on any atom is -0.480 e. The van der Waals surface area contributed by atoms with Crippen LogP contribution in [0.25, 0.3) is 6.08 Å². The van der Waals surface area contributed by atoms with E-state index >= 15 is 0 Å². The van der Waals surface area contributed by atoms with Crippen LogP contribution in [0.4, 0.5) is 0 Å². The fraction of sp³-hybridized carbons (Fsp3) is 0.312. The molecule has 1 unspecified atom stereocenters. The van der Waals surface area contributed by atoms with Crippen LogP contribution in [0, 0.1) is 0 Å². The second kappa shape index (κ2) is 6.62. The summed E-state index contributed by atoms with van der Waals surface area (Å²) in [6.45, 7) is 5.69. The Balaban J connectivity index is 2.24. The van der Waals surface area contributed by atoms with Gasteiger partial charge < -0.3 is 5.11 Å². The molecule has 1 amide bonds. The smallest absolute Gasteiger partial charge is 0.326 e. The lowest BCUT2D eigenvalue weighted by molar-refractivity contribution is -0.144. The third-order valence-electron chi connectivity index (χ3n) is 3.47. The number of thiocarbonyl (C=S) groups is 1. The molecule has 0 bridgehead atoms. The van der Waals surface area contributed by atoms with Gasteiger partial charge in [0.05, 0.1) is 4.91 Å². The van der Waals surface area contributed by atoms with E-state index in [1.165, 1.54) is 12.5 Å². The molecule has 1 saturated heterocycles. The molecule has 0 radical (unpaired) electrons. The molecule has 1 N–H and O–H groups in total. The van der Waals surface area contributed by atoms with Crippen LogP contribution in [-0.2, 0) is 9.59 Å². The summed E-state index contributed by atoms with van der Waals surface area (Å²) < 4.78 is 0.282. The lowest BCUT2D eigenvalue weighted by Gasteiger charge is -2.18. The second-order valence-corrected chi connectivity index (χ2v) is 7.06. The van der Waals surface area contributed by atoms with Gasteiger partial charge in [0.2, 0.25) is 0 Å². The van der Waals surface area contributed by atoms with Gasteiger partial charge in [0, 0.05) is 0 Å². The van der Waals surface area contributed by atoms with E-state index in [9.17, 15) is 9.59 Å². The van der Waals surface area contributed by atoms with Crippen molar-refractivity contribution in [2.75, 3.05) is 0 Å². The summed E-state index contributed by atoms with van der Waals surface area (Å²) in [6, 6.07) is 6.99. The Labute approximate surface area is 139 Å². The molecule has 116 valence electrons. The predicted octanol–water partition coefficient (Wildman–Crippen LogP) is 3.48. The molecule has 1 fully saturated rings. The molecular formula is C16H17NO3S2. The maximum Gasteiger partial charge on any atom is 0.326 e. The molecule has 6 heteroatoms.